The fraction of sp³-hybridized carbons (Fsp3) is 0.158. The van der Waals surface area contributed by atoms with Crippen molar-refractivity contribution >= 4 is 34.7 Å². The lowest BCUT2D eigenvalue weighted by Gasteiger charge is -2.11. The molecule has 0 aliphatic carbocycles. The highest BCUT2D eigenvalue weighted by Crippen LogP contribution is 2.24. The summed E-state index contributed by atoms with van der Waals surface area (Å²) in [6.45, 7) is 4.60. The molecule has 5 nitrogen and oxygen atoms in total. The van der Waals surface area contributed by atoms with Gasteiger partial charge in [0.2, 0.25) is 5.95 Å². The first-order valence-corrected chi connectivity index (χ1v) is 8.38. The van der Waals surface area contributed by atoms with Crippen molar-refractivity contribution in [3.8, 4) is 5.75 Å². The monoisotopic (exact) mass is 354 g/mol. The van der Waals surface area contributed by atoms with Crippen molar-refractivity contribution in [2.45, 2.75) is 13.8 Å². The maximum atomic E-state index is 5.99. The molecular weight excluding hydrogens is 336 g/mol. The minimum atomic E-state index is 0.515. The van der Waals surface area contributed by atoms with Gasteiger partial charge in [0.25, 0.3) is 0 Å². The molecule has 3 rings (SSSR count). The molecule has 0 aliphatic heterocycles. The van der Waals surface area contributed by atoms with Gasteiger partial charge in [0.15, 0.2) is 0 Å². The van der Waals surface area contributed by atoms with Gasteiger partial charge in [-0.1, -0.05) is 11.6 Å². The van der Waals surface area contributed by atoms with Crippen LogP contribution in [0, 0.1) is 6.92 Å². The minimum Gasteiger partial charge on any atom is -0.494 e. The molecule has 2 N–H and O–H groups in total. The molecule has 0 bridgehead atoms. The number of ether oxygens (including phenoxy) is 1. The number of nitrogens with zero attached hydrogens (tertiary/aromatic N) is 2. The molecule has 0 saturated carbocycles. The number of hydrogen-bond acceptors (Lipinski definition) is 5. The van der Waals surface area contributed by atoms with Crippen molar-refractivity contribution in [3.05, 3.63) is 65.3 Å². The largest absolute Gasteiger partial charge is 0.494 e. The Bertz CT molecular complexity index is 852. The third-order valence-corrected chi connectivity index (χ3v) is 3.76. The number of hydrogen-bond donors (Lipinski definition) is 2. The fourth-order valence-electron chi connectivity index (χ4n) is 2.32. The van der Waals surface area contributed by atoms with E-state index >= 15 is 0 Å². The average molecular weight is 355 g/mol. The van der Waals surface area contributed by atoms with Crippen LogP contribution in [0.4, 0.5) is 23.1 Å². The van der Waals surface area contributed by atoms with Crippen molar-refractivity contribution in [2.24, 2.45) is 0 Å². The molecule has 0 radical (unpaired) electrons. The number of nitrogens with one attached hydrogen (secondary N) is 2. The summed E-state index contributed by atoms with van der Waals surface area (Å²) in [5, 5.41) is 7.18. The molecule has 6 heteroatoms. The van der Waals surface area contributed by atoms with Gasteiger partial charge in [0.1, 0.15) is 11.6 Å². The zero-order valence-corrected chi connectivity index (χ0v) is 14.8. The highest BCUT2D eigenvalue weighted by Gasteiger charge is 2.04. The second-order valence-corrected chi connectivity index (χ2v) is 5.87. The van der Waals surface area contributed by atoms with Gasteiger partial charge in [-0.05, 0) is 67.9 Å². The van der Waals surface area contributed by atoms with Gasteiger partial charge in [0, 0.05) is 22.6 Å². The molecule has 128 valence electrons. The van der Waals surface area contributed by atoms with Crippen LogP contribution in [0.25, 0.3) is 0 Å². The first kappa shape index (κ1) is 17.0. The van der Waals surface area contributed by atoms with E-state index in [0.717, 1.165) is 22.7 Å². The van der Waals surface area contributed by atoms with Gasteiger partial charge >= 0.3 is 0 Å². The van der Waals surface area contributed by atoms with Crippen LogP contribution in [0.2, 0.25) is 5.02 Å². The van der Waals surface area contributed by atoms with Crippen LogP contribution in [-0.4, -0.2) is 16.6 Å². The molecule has 25 heavy (non-hydrogen) atoms. The Labute approximate surface area is 152 Å². The van der Waals surface area contributed by atoms with E-state index in [-0.39, 0.29) is 0 Å². The Morgan fingerprint density at radius 2 is 1.84 bits per heavy atom. The van der Waals surface area contributed by atoms with E-state index in [9.17, 15) is 0 Å². The van der Waals surface area contributed by atoms with Gasteiger partial charge in [-0.15, -0.1) is 0 Å². The second-order valence-electron chi connectivity index (χ2n) is 5.43. The molecule has 0 unspecified atom stereocenters. The summed E-state index contributed by atoms with van der Waals surface area (Å²) in [5.74, 6) is 2.05. The van der Waals surface area contributed by atoms with Crippen LogP contribution < -0.4 is 15.4 Å². The van der Waals surface area contributed by atoms with E-state index in [0.29, 0.717) is 23.4 Å². The predicted molar refractivity (Wildman–Crippen MR) is 102 cm³/mol. The van der Waals surface area contributed by atoms with Gasteiger partial charge in [-0.3, -0.25) is 0 Å². The highest BCUT2D eigenvalue weighted by atomic mass is 35.5. The van der Waals surface area contributed by atoms with Gasteiger partial charge < -0.3 is 15.4 Å². The Morgan fingerprint density at radius 1 is 1.04 bits per heavy atom. The summed E-state index contributed by atoms with van der Waals surface area (Å²) in [6, 6.07) is 15.2. The normalized spacial score (nSPS) is 10.4. The molecule has 2 aromatic carbocycles. The lowest BCUT2D eigenvalue weighted by molar-refractivity contribution is 0.340. The van der Waals surface area contributed by atoms with Crippen LogP contribution >= 0.6 is 11.6 Å². The molecule has 0 aliphatic rings. The second kappa shape index (κ2) is 7.85. The zero-order chi connectivity index (χ0) is 17.6. The van der Waals surface area contributed by atoms with E-state index in [1.165, 1.54) is 0 Å². The number of aromatic nitrogens is 2. The zero-order valence-electron chi connectivity index (χ0n) is 14.1. The molecule has 0 atom stereocenters. The lowest BCUT2D eigenvalue weighted by Crippen LogP contribution is -2.01. The molecule has 0 spiro atoms. The van der Waals surface area contributed by atoms with Crippen LogP contribution in [0.15, 0.2) is 54.7 Å². The highest BCUT2D eigenvalue weighted by molar-refractivity contribution is 6.30. The standard InChI is InChI=1S/C19H19ClN4O/c1-3-25-16-7-5-15(6-8-16)22-19-21-11-10-18(24-19)23-17-9-4-14(20)12-13(17)2/h4-12H,3H2,1-2H3,(H2,21,22,23,24). The van der Waals surface area contributed by atoms with Crippen LogP contribution in [0.3, 0.4) is 0 Å². The number of rotatable bonds is 6. The van der Waals surface area contributed by atoms with E-state index in [4.69, 9.17) is 16.3 Å². The average Bonchev–Trinajstić information content (AvgIpc) is 2.60. The van der Waals surface area contributed by atoms with E-state index < -0.39 is 0 Å². The van der Waals surface area contributed by atoms with E-state index in [2.05, 4.69) is 20.6 Å². The van der Waals surface area contributed by atoms with Crippen molar-refractivity contribution < 1.29 is 4.74 Å². The third kappa shape index (κ3) is 4.61. The summed E-state index contributed by atoms with van der Waals surface area (Å²) in [4.78, 5) is 8.75. The Hall–Kier alpha value is -2.79. The number of aryl methyl sites for hydroxylation is 1. The summed E-state index contributed by atoms with van der Waals surface area (Å²) in [6.07, 6.45) is 1.71. The van der Waals surface area contributed by atoms with E-state index in [1.807, 2.05) is 62.4 Å². The number of benzene rings is 2. The van der Waals surface area contributed by atoms with Crippen molar-refractivity contribution in [2.75, 3.05) is 17.2 Å². The van der Waals surface area contributed by atoms with Crippen molar-refractivity contribution in [1.29, 1.82) is 0 Å². The summed E-state index contributed by atoms with van der Waals surface area (Å²) >= 11 is 5.99. The van der Waals surface area contributed by atoms with Crippen molar-refractivity contribution in [1.82, 2.24) is 9.97 Å². The van der Waals surface area contributed by atoms with Crippen LogP contribution in [0.1, 0.15) is 12.5 Å². The molecular formula is C19H19ClN4O. The first-order valence-electron chi connectivity index (χ1n) is 8.00. The SMILES string of the molecule is CCOc1ccc(Nc2nccc(Nc3ccc(Cl)cc3C)n2)cc1. The summed E-state index contributed by atoms with van der Waals surface area (Å²) in [7, 11) is 0. The Morgan fingerprint density at radius 3 is 2.56 bits per heavy atom. The van der Waals surface area contributed by atoms with E-state index in [1.54, 1.807) is 6.20 Å². The lowest BCUT2D eigenvalue weighted by atomic mass is 10.2. The Kier molecular flexibility index (Phi) is 5.36. The summed E-state index contributed by atoms with van der Waals surface area (Å²) < 4.78 is 5.44. The Balaban J connectivity index is 1.72. The maximum Gasteiger partial charge on any atom is 0.229 e. The van der Waals surface area contributed by atoms with Gasteiger partial charge in [0.05, 0.1) is 6.61 Å². The molecule has 0 fully saturated rings. The number of halogens is 1. The first-order chi connectivity index (χ1) is 12.1. The third-order valence-electron chi connectivity index (χ3n) is 3.53. The van der Waals surface area contributed by atoms with Gasteiger partial charge in [-0.25, -0.2) is 4.98 Å². The number of anilines is 4. The maximum absolute atomic E-state index is 5.99. The van der Waals surface area contributed by atoms with Crippen molar-refractivity contribution in [3.63, 3.8) is 0 Å². The molecule has 1 heterocycles. The smallest absolute Gasteiger partial charge is 0.229 e. The topological polar surface area (TPSA) is 59.1 Å². The quantitative estimate of drug-likeness (QED) is 0.627. The summed E-state index contributed by atoms with van der Waals surface area (Å²) in [5.41, 5.74) is 2.89. The predicted octanol–water partition coefficient (Wildman–Crippen LogP) is 5.32. The van der Waals surface area contributed by atoms with Crippen LogP contribution in [0.5, 0.6) is 5.75 Å². The molecule has 3 aromatic rings. The minimum absolute atomic E-state index is 0.515. The molecule has 0 amide bonds. The van der Waals surface area contributed by atoms with Gasteiger partial charge in [-0.2, -0.15) is 4.98 Å². The van der Waals surface area contributed by atoms with Crippen LogP contribution in [-0.2, 0) is 0 Å². The molecule has 0 saturated heterocycles. The molecule has 1 aromatic heterocycles. The fourth-order valence-corrected chi connectivity index (χ4v) is 2.55.